The molecule has 0 spiro atoms. The van der Waals surface area contributed by atoms with E-state index in [4.69, 9.17) is 0 Å². The fourth-order valence-electron chi connectivity index (χ4n) is 1.42. The first-order chi connectivity index (χ1) is 6.34. The van der Waals surface area contributed by atoms with Gasteiger partial charge >= 0.3 is 0 Å². The summed E-state index contributed by atoms with van der Waals surface area (Å²) in [6.45, 7) is 0. The van der Waals surface area contributed by atoms with Crippen molar-refractivity contribution in [2.45, 2.75) is 0 Å². The van der Waals surface area contributed by atoms with Crippen LogP contribution in [0.3, 0.4) is 0 Å². The minimum atomic E-state index is -0.0213. The maximum atomic E-state index is 10.8. The van der Waals surface area contributed by atoms with Gasteiger partial charge in [-0.05, 0) is 16.5 Å². The Balaban J connectivity index is 1.97. The zero-order valence-corrected chi connectivity index (χ0v) is 7.52. The van der Waals surface area contributed by atoms with Crippen LogP contribution in [-0.4, -0.2) is 16.7 Å². The summed E-state index contributed by atoms with van der Waals surface area (Å²) >= 11 is 1.50. The van der Waals surface area contributed by atoms with Crippen molar-refractivity contribution in [2.24, 2.45) is 5.10 Å². The van der Waals surface area contributed by atoms with Crippen molar-refractivity contribution in [1.82, 2.24) is 5.43 Å². The Morgan fingerprint density at radius 3 is 2.85 bits per heavy atom. The van der Waals surface area contributed by atoms with Crippen molar-refractivity contribution in [3.8, 4) is 0 Å². The quantitative estimate of drug-likeness (QED) is 0.723. The molecule has 0 saturated carbocycles. The predicted octanol–water partition coefficient (Wildman–Crippen LogP) is 0.812. The van der Waals surface area contributed by atoms with E-state index in [1.54, 1.807) is 0 Å². The minimum Gasteiger partial charge on any atom is -0.272 e. The lowest BCUT2D eigenvalue weighted by Gasteiger charge is -2.16. The Hall–Kier alpha value is -1.29. The van der Waals surface area contributed by atoms with Crippen molar-refractivity contribution in [3.63, 3.8) is 0 Å². The first-order valence-electron chi connectivity index (χ1n) is 3.99. The van der Waals surface area contributed by atoms with Crippen molar-refractivity contribution in [2.75, 3.05) is 5.75 Å². The summed E-state index contributed by atoms with van der Waals surface area (Å²) < 4.78 is 0. The topological polar surface area (TPSA) is 41.5 Å². The van der Waals surface area contributed by atoms with Gasteiger partial charge in [0, 0.05) is 5.56 Å². The molecule has 0 atom stereocenters. The highest BCUT2D eigenvalue weighted by molar-refractivity contribution is 8.15. The van der Waals surface area contributed by atoms with Gasteiger partial charge in [0.15, 0.2) is 0 Å². The number of benzene rings is 1. The molecule has 1 aliphatic heterocycles. The molecule has 3 nitrogen and oxygen atoms in total. The van der Waals surface area contributed by atoms with Gasteiger partial charge in [-0.3, -0.25) is 4.79 Å². The van der Waals surface area contributed by atoms with E-state index in [1.165, 1.54) is 27.8 Å². The third kappa shape index (κ3) is 0.920. The molecule has 0 bridgehead atoms. The second kappa shape index (κ2) is 2.35. The maximum Gasteiger partial charge on any atom is 0.250 e. The third-order valence-corrected chi connectivity index (χ3v) is 3.17. The number of nitrogens with zero attached hydrogens (tertiary/aromatic N) is 1. The number of carbonyl (C=O) groups excluding carboxylic acids is 1. The Bertz CT molecular complexity index is 521. The summed E-state index contributed by atoms with van der Waals surface area (Å²) in [5.41, 5.74) is 3.65. The molecular weight excluding hydrogens is 184 g/mol. The molecule has 1 amide bonds. The van der Waals surface area contributed by atoms with Crippen LogP contribution < -0.4 is 5.43 Å². The highest BCUT2D eigenvalue weighted by Crippen LogP contribution is 2.23. The monoisotopic (exact) mass is 190 g/mol. The van der Waals surface area contributed by atoms with Gasteiger partial charge in [0.1, 0.15) is 5.04 Å². The zero-order valence-electron chi connectivity index (χ0n) is 6.70. The molecule has 0 saturated heterocycles. The number of nitrogens with one attached hydrogen (secondary N) is 1. The number of hydrogen-bond acceptors (Lipinski definition) is 3. The molecule has 0 aromatic carbocycles. The molecule has 0 radical (unpaired) electrons. The molecule has 3 aliphatic rings. The van der Waals surface area contributed by atoms with Crippen LogP contribution in [0, 0.1) is 10.4 Å². The highest BCUT2D eigenvalue weighted by atomic mass is 32.2. The van der Waals surface area contributed by atoms with Gasteiger partial charge in [0.05, 0.1) is 5.75 Å². The summed E-state index contributed by atoms with van der Waals surface area (Å²) in [5, 5.41) is 7.51. The normalized spacial score (nSPS) is 17.8. The number of hydrogen-bond donors (Lipinski definition) is 1. The number of hydrazone groups is 1. The Kier molecular flexibility index (Phi) is 1.29. The summed E-state index contributed by atoms with van der Waals surface area (Å²) in [5.74, 6) is 0.453. The van der Waals surface area contributed by atoms with Crippen LogP contribution in [0.4, 0.5) is 0 Å². The van der Waals surface area contributed by atoms with Gasteiger partial charge in [-0.25, -0.2) is 5.43 Å². The zero-order chi connectivity index (χ0) is 8.84. The van der Waals surface area contributed by atoms with E-state index >= 15 is 0 Å². The lowest BCUT2D eigenvalue weighted by molar-refractivity contribution is -0.118. The van der Waals surface area contributed by atoms with Crippen LogP contribution >= 0.6 is 11.8 Å². The van der Waals surface area contributed by atoms with Gasteiger partial charge < -0.3 is 0 Å². The van der Waals surface area contributed by atoms with Gasteiger partial charge in [0.2, 0.25) is 0 Å². The second-order valence-corrected chi connectivity index (χ2v) is 3.97. The van der Waals surface area contributed by atoms with Crippen LogP contribution in [0.15, 0.2) is 23.3 Å². The number of rotatable bonds is 1. The Labute approximate surface area is 78.5 Å². The molecule has 1 heterocycles. The molecule has 0 aromatic heterocycles. The third-order valence-electron chi connectivity index (χ3n) is 2.18. The molecule has 4 heteroatoms. The van der Waals surface area contributed by atoms with Crippen molar-refractivity contribution in [1.29, 1.82) is 0 Å². The van der Waals surface area contributed by atoms with Crippen molar-refractivity contribution in [3.05, 3.63) is 34.2 Å². The summed E-state index contributed by atoms with van der Waals surface area (Å²) in [7, 11) is 0. The molecular formula is C9H6N2OS. The molecule has 3 rings (SSSR count). The average molecular weight is 190 g/mol. The first-order valence-corrected chi connectivity index (χ1v) is 4.97. The molecule has 0 unspecified atom stereocenters. The van der Waals surface area contributed by atoms with Gasteiger partial charge in [-0.15, -0.1) is 0 Å². The molecule has 2 aliphatic carbocycles. The van der Waals surface area contributed by atoms with E-state index in [9.17, 15) is 4.79 Å². The van der Waals surface area contributed by atoms with Crippen molar-refractivity contribution < 1.29 is 4.79 Å². The molecule has 64 valence electrons. The van der Waals surface area contributed by atoms with E-state index < -0.39 is 0 Å². The Morgan fingerprint density at radius 1 is 1.46 bits per heavy atom. The fraction of sp³-hybridized carbons (Fsp3) is 0.111. The second-order valence-electron chi connectivity index (χ2n) is 3.00. The van der Waals surface area contributed by atoms with E-state index in [-0.39, 0.29) is 5.91 Å². The summed E-state index contributed by atoms with van der Waals surface area (Å²) in [4.78, 5) is 10.8. The predicted molar refractivity (Wildman–Crippen MR) is 51.3 cm³/mol. The lowest BCUT2D eigenvalue weighted by Crippen LogP contribution is -2.27. The largest absolute Gasteiger partial charge is 0.272 e. The SMILES string of the molecule is O=C1CSC(c2cc3ccc2=3)=NN1. The Morgan fingerprint density at radius 2 is 2.38 bits per heavy atom. The lowest BCUT2D eigenvalue weighted by atomic mass is 10.00. The van der Waals surface area contributed by atoms with Crippen LogP contribution in [0.1, 0.15) is 5.56 Å². The summed E-state index contributed by atoms with van der Waals surface area (Å²) in [6, 6.07) is 6.24. The van der Waals surface area contributed by atoms with Gasteiger partial charge in [0.25, 0.3) is 5.91 Å². The first kappa shape index (κ1) is 7.15. The van der Waals surface area contributed by atoms with E-state index in [2.05, 4.69) is 28.7 Å². The van der Waals surface area contributed by atoms with Crippen LogP contribution in [0.2, 0.25) is 0 Å². The van der Waals surface area contributed by atoms with E-state index in [0.717, 1.165) is 5.04 Å². The minimum absolute atomic E-state index is 0.0213. The standard InChI is InChI=1S/C9H6N2OS/c12-8-4-13-9(11-10-8)7-3-5-1-2-6(5)7/h1-3H,4H2,(H,10,12). The molecule has 13 heavy (non-hydrogen) atoms. The average Bonchev–Trinajstić information content (AvgIpc) is 2.12. The van der Waals surface area contributed by atoms with E-state index in [0.29, 0.717) is 5.75 Å². The maximum absolute atomic E-state index is 10.8. The summed E-state index contributed by atoms with van der Waals surface area (Å²) in [6.07, 6.45) is 0. The smallest absolute Gasteiger partial charge is 0.250 e. The molecule has 1 N–H and O–H groups in total. The number of amides is 1. The fourth-order valence-corrected chi connectivity index (χ4v) is 2.18. The van der Waals surface area contributed by atoms with E-state index in [1.807, 2.05) is 0 Å². The molecule has 0 fully saturated rings. The molecule has 0 aromatic rings. The van der Waals surface area contributed by atoms with Gasteiger partial charge in [-0.1, -0.05) is 23.9 Å². The highest BCUT2D eigenvalue weighted by Gasteiger charge is 2.17. The van der Waals surface area contributed by atoms with Gasteiger partial charge in [-0.2, -0.15) is 5.10 Å². The van der Waals surface area contributed by atoms with Crippen LogP contribution in [-0.2, 0) is 4.79 Å². The van der Waals surface area contributed by atoms with Crippen LogP contribution in [0.5, 0.6) is 0 Å². The van der Waals surface area contributed by atoms with Crippen LogP contribution in [0.25, 0.3) is 0 Å². The number of carbonyl (C=O) groups is 1. The van der Waals surface area contributed by atoms with Crippen molar-refractivity contribution >= 4 is 22.7 Å². The number of thioether (sulfide) groups is 1.